The zero-order valence-electron chi connectivity index (χ0n) is 11.1. The molecule has 0 aliphatic heterocycles. The molecule has 0 atom stereocenters. The fraction of sp³-hybridized carbons (Fsp3) is 0.364. The van der Waals surface area contributed by atoms with Crippen LogP contribution in [0.15, 0.2) is 12.1 Å². The number of anilines is 1. The largest absolute Gasteiger partial charge is 0.341 e. The molecule has 0 spiro atoms. The second-order valence-corrected chi connectivity index (χ2v) is 5.37. The van der Waals surface area contributed by atoms with Gasteiger partial charge >= 0.3 is 0 Å². The van der Waals surface area contributed by atoms with Gasteiger partial charge in [0.25, 0.3) is 11.6 Å². The van der Waals surface area contributed by atoms with Gasteiger partial charge in [0.15, 0.2) is 0 Å². The molecule has 0 aliphatic carbocycles. The highest BCUT2D eigenvalue weighted by atomic mass is 35.5. The lowest BCUT2D eigenvalue weighted by Crippen LogP contribution is -2.29. The van der Waals surface area contributed by atoms with Gasteiger partial charge in [0, 0.05) is 31.0 Å². The molecule has 1 rings (SSSR count). The highest BCUT2D eigenvalue weighted by Gasteiger charge is 2.22. The van der Waals surface area contributed by atoms with E-state index >= 15 is 0 Å². The van der Waals surface area contributed by atoms with Crippen LogP contribution in [0, 0.1) is 10.1 Å². The number of carbonyl (C=O) groups excluding carboxylic acids is 1. The molecule has 0 aliphatic rings. The summed E-state index contributed by atoms with van der Waals surface area (Å²) in [6.07, 6.45) is 1.93. The molecular formula is C11H15ClN4O3S. The average molecular weight is 319 g/mol. The number of thioether (sulfide) groups is 1. The quantitative estimate of drug-likeness (QED) is 0.472. The lowest BCUT2D eigenvalue weighted by atomic mass is 10.1. The smallest absolute Gasteiger partial charge is 0.295 e. The van der Waals surface area contributed by atoms with Gasteiger partial charge in [-0.25, -0.2) is 0 Å². The molecule has 20 heavy (non-hydrogen) atoms. The Morgan fingerprint density at radius 3 is 2.75 bits per heavy atom. The van der Waals surface area contributed by atoms with E-state index in [1.807, 2.05) is 6.26 Å². The summed E-state index contributed by atoms with van der Waals surface area (Å²) in [7, 11) is 1.63. The maximum Gasteiger partial charge on any atom is 0.295 e. The van der Waals surface area contributed by atoms with Crippen LogP contribution in [-0.4, -0.2) is 41.3 Å². The highest BCUT2D eigenvalue weighted by Crippen LogP contribution is 2.33. The fourth-order valence-corrected chi connectivity index (χ4v) is 2.28. The maximum absolute atomic E-state index is 12.2. The third kappa shape index (κ3) is 3.75. The summed E-state index contributed by atoms with van der Waals surface area (Å²) in [5.41, 5.74) is 1.98. The first kappa shape index (κ1) is 16.5. The first-order chi connectivity index (χ1) is 9.42. The van der Waals surface area contributed by atoms with Gasteiger partial charge in [-0.2, -0.15) is 11.8 Å². The van der Waals surface area contributed by atoms with Crippen LogP contribution < -0.4 is 11.3 Å². The highest BCUT2D eigenvalue weighted by molar-refractivity contribution is 7.98. The number of nitro groups is 1. The Bertz CT molecular complexity index is 527. The number of nitrogen functional groups attached to an aromatic ring is 1. The third-order valence-corrected chi connectivity index (χ3v) is 3.52. The van der Waals surface area contributed by atoms with E-state index in [1.54, 1.807) is 18.8 Å². The summed E-state index contributed by atoms with van der Waals surface area (Å²) >= 11 is 7.52. The summed E-state index contributed by atoms with van der Waals surface area (Å²) < 4.78 is 0. The molecule has 110 valence electrons. The van der Waals surface area contributed by atoms with E-state index in [1.165, 1.54) is 17.0 Å². The van der Waals surface area contributed by atoms with Crippen molar-refractivity contribution >= 4 is 40.6 Å². The molecule has 1 aromatic rings. The summed E-state index contributed by atoms with van der Waals surface area (Å²) in [5.74, 6) is 5.66. The number of nitrogens with two attached hydrogens (primary N) is 1. The van der Waals surface area contributed by atoms with Crippen molar-refractivity contribution in [1.29, 1.82) is 0 Å². The Hall–Kier alpha value is -1.51. The molecule has 0 bridgehead atoms. The van der Waals surface area contributed by atoms with Crippen LogP contribution >= 0.6 is 23.4 Å². The van der Waals surface area contributed by atoms with Crippen molar-refractivity contribution in [3.05, 3.63) is 32.8 Å². The molecule has 0 fully saturated rings. The number of hydrogen-bond donors (Lipinski definition) is 2. The van der Waals surface area contributed by atoms with Gasteiger partial charge in [-0.15, -0.1) is 0 Å². The maximum atomic E-state index is 12.2. The molecule has 9 heteroatoms. The van der Waals surface area contributed by atoms with Gasteiger partial charge in [-0.3, -0.25) is 20.8 Å². The zero-order chi connectivity index (χ0) is 15.3. The van der Waals surface area contributed by atoms with Gasteiger partial charge in [0.1, 0.15) is 5.69 Å². The van der Waals surface area contributed by atoms with Gasteiger partial charge in [0.2, 0.25) is 0 Å². The molecule has 0 saturated heterocycles. The third-order valence-electron chi connectivity index (χ3n) is 2.63. The molecule has 0 unspecified atom stereocenters. The number of halogens is 1. The van der Waals surface area contributed by atoms with Crippen molar-refractivity contribution in [2.45, 2.75) is 0 Å². The number of carbonyl (C=O) groups is 1. The minimum atomic E-state index is -0.639. The number of rotatable bonds is 6. The average Bonchev–Trinajstić information content (AvgIpc) is 2.42. The molecule has 1 amide bonds. The van der Waals surface area contributed by atoms with E-state index < -0.39 is 4.92 Å². The van der Waals surface area contributed by atoms with Gasteiger partial charge in [0.05, 0.1) is 9.95 Å². The lowest BCUT2D eigenvalue weighted by Gasteiger charge is -2.17. The molecule has 1 aromatic carbocycles. The van der Waals surface area contributed by atoms with Crippen LogP contribution in [0.5, 0.6) is 0 Å². The molecule has 0 saturated carbocycles. The van der Waals surface area contributed by atoms with Gasteiger partial charge in [-0.1, -0.05) is 11.6 Å². The molecule has 7 nitrogen and oxygen atoms in total. The first-order valence-corrected chi connectivity index (χ1v) is 7.38. The fourth-order valence-electron chi connectivity index (χ4n) is 1.55. The van der Waals surface area contributed by atoms with E-state index in [0.717, 1.165) is 5.75 Å². The monoisotopic (exact) mass is 318 g/mol. The molecule has 3 N–H and O–H groups in total. The second-order valence-electron chi connectivity index (χ2n) is 3.97. The Morgan fingerprint density at radius 2 is 2.25 bits per heavy atom. The van der Waals surface area contributed by atoms with Crippen molar-refractivity contribution in [2.24, 2.45) is 5.84 Å². The SMILES string of the molecule is CSCCN(C)C(=O)c1cc(Cl)c(NN)c([N+](=O)[O-])c1. The number of hydrazine groups is 1. The summed E-state index contributed by atoms with van der Waals surface area (Å²) in [6.45, 7) is 0.544. The number of nitro benzene ring substituents is 1. The van der Waals surface area contributed by atoms with E-state index in [-0.39, 0.29) is 27.9 Å². The number of nitrogens with zero attached hydrogens (tertiary/aromatic N) is 2. The topological polar surface area (TPSA) is 102 Å². The molecule has 0 radical (unpaired) electrons. The lowest BCUT2D eigenvalue weighted by molar-refractivity contribution is -0.384. The Labute approximate surface area is 125 Å². The van der Waals surface area contributed by atoms with Crippen molar-refractivity contribution in [2.75, 3.05) is 31.0 Å². The molecule has 0 heterocycles. The van der Waals surface area contributed by atoms with E-state index in [2.05, 4.69) is 5.43 Å². The Morgan fingerprint density at radius 1 is 1.60 bits per heavy atom. The van der Waals surface area contributed by atoms with Crippen molar-refractivity contribution in [3.63, 3.8) is 0 Å². The predicted molar refractivity (Wildman–Crippen MR) is 81.3 cm³/mol. The van der Waals surface area contributed by atoms with E-state index in [4.69, 9.17) is 17.4 Å². The summed E-state index contributed by atoms with van der Waals surface area (Å²) in [4.78, 5) is 24.0. The van der Waals surface area contributed by atoms with Crippen molar-refractivity contribution in [1.82, 2.24) is 4.90 Å². The van der Waals surface area contributed by atoms with Gasteiger partial charge in [-0.05, 0) is 12.3 Å². The van der Waals surface area contributed by atoms with Crippen molar-refractivity contribution in [3.8, 4) is 0 Å². The first-order valence-electron chi connectivity index (χ1n) is 5.61. The van der Waals surface area contributed by atoms with Crippen LogP contribution in [-0.2, 0) is 0 Å². The van der Waals surface area contributed by atoms with Crippen LogP contribution in [0.2, 0.25) is 5.02 Å². The van der Waals surface area contributed by atoms with Crippen LogP contribution in [0.3, 0.4) is 0 Å². The van der Waals surface area contributed by atoms with Crippen LogP contribution in [0.1, 0.15) is 10.4 Å². The minimum absolute atomic E-state index is 0.0139. The van der Waals surface area contributed by atoms with E-state index in [9.17, 15) is 14.9 Å². The Balaban J connectivity index is 3.13. The number of benzene rings is 1. The number of hydrogen-bond acceptors (Lipinski definition) is 6. The standard InChI is InChI=1S/C11H15ClN4O3S/c1-15(3-4-20-2)11(17)7-5-8(12)10(14-13)9(6-7)16(18)19/h5-6,14H,3-4,13H2,1-2H3. The number of amides is 1. The molecule has 0 aromatic heterocycles. The van der Waals surface area contributed by atoms with Crippen LogP contribution in [0.4, 0.5) is 11.4 Å². The van der Waals surface area contributed by atoms with E-state index in [0.29, 0.717) is 6.54 Å². The normalized spacial score (nSPS) is 10.2. The second kappa shape index (κ2) is 7.32. The number of nitrogens with one attached hydrogen (secondary N) is 1. The minimum Gasteiger partial charge on any atom is -0.341 e. The summed E-state index contributed by atoms with van der Waals surface area (Å²) in [5, 5.41) is 11.0. The molecular weight excluding hydrogens is 304 g/mol. The summed E-state index contributed by atoms with van der Waals surface area (Å²) in [6, 6.07) is 2.53. The Kier molecular flexibility index (Phi) is 6.05. The predicted octanol–water partition coefficient (Wildman–Crippen LogP) is 1.97. The van der Waals surface area contributed by atoms with Crippen LogP contribution in [0.25, 0.3) is 0 Å². The van der Waals surface area contributed by atoms with Gasteiger partial charge < -0.3 is 10.3 Å². The van der Waals surface area contributed by atoms with Crippen molar-refractivity contribution < 1.29 is 9.72 Å². The zero-order valence-corrected chi connectivity index (χ0v) is 12.6.